The van der Waals surface area contributed by atoms with E-state index in [0.29, 0.717) is 6.04 Å². The Labute approximate surface area is 108 Å². The predicted octanol–water partition coefficient (Wildman–Crippen LogP) is 1.79. The van der Waals surface area contributed by atoms with Gasteiger partial charge in [-0.3, -0.25) is 0 Å². The summed E-state index contributed by atoms with van der Waals surface area (Å²) in [6.07, 6.45) is 3.95. The molecule has 0 aliphatic carbocycles. The minimum absolute atomic E-state index is 0.712. The van der Waals surface area contributed by atoms with Crippen molar-refractivity contribution in [3.63, 3.8) is 0 Å². The van der Waals surface area contributed by atoms with E-state index in [2.05, 4.69) is 42.9 Å². The summed E-state index contributed by atoms with van der Waals surface area (Å²) >= 11 is 0. The fraction of sp³-hybridized carbons (Fsp3) is 1.00. The zero-order valence-corrected chi connectivity index (χ0v) is 12.2. The van der Waals surface area contributed by atoms with Gasteiger partial charge in [0.15, 0.2) is 0 Å². The standard InChI is InChI=1S/C14H31N3/c1-5-13(3)16(4)10-11-17-9-7-8-14(12-17)15-6-2/h13-15H,5-12H2,1-4H3. The van der Waals surface area contributed by atoms with Gasteiger partial charge in [-0.1, -0.05) is 13.8 Å². The van der Waals surface area contributed by atoms with Gasteiger partial charge in [-0.25, -0.2) is 0 Å². The second kappa shape index (κ2) is 8.06. The highest BCUT2D eigenvalue weighted by molar-refractivity contribution is 4.78. The van der Waals surface area contributed by atoms with Crippen LogP contribution in [0.25, 0.3) is 0 Å². The van der Waals surface area contributed by atoms with Gasteiger partial charge in [-0.15, -0.1) is 0 Å². The molecule has 0 aromatic rings. The second-order valence-corrected chi connectivity index (χ2v) is 5.44. The molecule has 1 aliphatic rings. The fourth-order valence-electron chi connectivity index (χ4n) is 2.55. The van der Waals surface area contributed by atoms with Gasteiger partial charge >= 0.3 is 0 Å². The number of likely N-dealkylation sites (tertiary alicyclic amines) is 1. The maximum atomic E-state index is 3.58. The van der Waals surface area contributed by atoms with Crippen LogP contribution in [0.4, 0.5) is 0 Å². The molecule has 0 spiro atoms. The summed E-state index contributed by atoms with van der Waals surface area (Å²) in [5, 5.41) is 3.58. The molecule has 2 unspecified atom stereocenters. The van der Waals surface area contributed by atoms with Crippen LogP contribution in [-0.4, -0.2) is 61.7 Å². The van der Waals surface area contributed by atoms with E-state index >= 15 is 0 Å². The van der Waals surface area contributed by atoms with Crippen LogP contribution in [-0.2, 0) is 0 Å². The van der Waals surface area contributed by atoms with Crippen LogP contribution in [0.3, 0.4) is 0 Å². The first kappa shape index (κ1) is 14.9. The van der Waals surface area contributed by atoms with Crippen LogP contribution in [0, 0.1) is 0 Å². The number of nitrogens with one attached hydrogen (secondary N) is 1. The van der Waals surface area contributed by atoms with Gasteiger partial charge in [0.25, 0.3) is 0 Å². The van der Waals surface area contributed by atoms with Gasteiger partial charge < -0.3 is 15.1 Å². The van der Waals surface area contributed by atoms with Crippen molar-refractivity contribution in [3.05, 3.63) is 0 Å². The third-order valence-electron chi connectivity index (χ3n) is 4.11. The van der Waals surface area contributed by atoms with Crippen LogP contribution in [0.1, 0.15) is 40.0 Å². The van der Waals surface area contributed by atoms with Crippen molar-refractivity contribution >= 4 is 0 Å². The molecule has 1 heterocycles. The fourth-order valence-corrected chi connectivity index (χ4v) is 2.55. The first-order valence-corrected chi connectivity index (χ1v) is 7.33. The zero-order chi connectivity index (χ0) is 12.7. The van der Waals surface area contributed by atoms with Crippen LogP contribution >= 0.6 is 0 Å². The van der Waals surface area contributed by atoms with Crippen LogP contribution in [0.15, 0.2) is 0 Å². The number of likely N-dealkylation sites (N-methyl/N-ethyl adjacent to an activating group) is 2. The lowest BCUT2D eigenvalue weighted by atomic mass is 10.1. The van der Waals surface area contributed by atoms with E-state index in [9.17, 15) is 0 Å². The number of hydrogen-bond donors (Lipinski definition) is 1. The molecule has 3 heteroatoms. The van der Waals surface area contributed by atoms with Crippen molar-refractivity contribution in [2.24, 2.45) is 0 Å². The Kier molecular flexibility index (Phi) is 7.09. The van der Waals surface area contributed by atoms with Crippen LogP contribution < -0.4 is 5.32 Å². The molecular weight excluding hydrogens is 210 g/mol. The second-order valence-electron chi connectivity index (χ2n) is 5.44. The highest BCUT2D eigenvalue weighted by Crippen LogP contribution is 2.10. The number of hydrogen-bond acceptors (Lipinski definition) is 3. The molecule has 1 aliphatic heterocycles. The summed E-state index contributed by atoms with van der Waals surface area (Å²) in [6.45, 7) is 12.8. The minimum atomic E-state index is 0.712. The van der Waals surface area contributed by atoms with Crippen LogP contribution in [0.5, 0.6) is 0 Å². The first-order valence-electron chi connectivity index (χ1n) is 7.33. The summed E-state index contributed by atoms with van der Waals surface area (Å²) < 4.78 is 0. The number of piperidine rings is 1. The summed E-state index contributed by atoms with van der Waals surface area (Å²) in [5.41, 5.74) is 0. The first-order chi connectivity index (χ1) is 8.17. The van der Waals surface area contributed by atoms with Gasteiger partial charge in [-0.05, 0) is 46.3 Å². The highest BCUT2D eigenvalue weighted by Gasteiger charge is 2.19. The SMILES string of the molecule is CCNC1CCCN(CCN(C)C(C)CC)C1. The van der Waals surface area contributed by atoms with Gasteiger partial charge in [0.2, 0.25) is 0 Å². The van der Waals surface area contributed by atoms with E-state index in [1.165, 1.54) is 45.4 Å². The molecule has 0 aromatic carbocycles. The molecule has 1 saturated heterocycles. The van der Waals surface area contributed by atoms with Crippen molar-refractivity contribution < 1.29 is 0 Å². The Morgan fingerprint density at radius 2 is 2.18 bits per heavy atom. The van der Waals surface area contributed by atoms with Crippen molar-refractivity contribution in [2.75, 3.05) is 39.8 Å². The van der Waals surface area contributed by atoms with E-state index in [1.54, 1.807) is 0 Å². The van der Waals surface area contributed by atoms with E-state index in [1.807, 2.05) is 0 Å². The Morgan fingerprint density at radius 3 is 2.82 bits per heavy atom. The maximum absolute atomic E-state index is 3.58. The topological polar surface area (TPSA) is 18.5 Å². The average Bonchev–Trinajstić information content (AvgIpc) is 2.36. The van der Waals surface area contributed by atoms with E-state index in [-0.39, 0.29) is 0 Å². The van der Waals surface area contributed by atoms with Crippen molar-refractivity contribution in [3.8, 4) is 0 Å². The van der Waals surface area contributed by atoms with Crippen molar-refractivity contribution in [1.29, 1.82) is 0 Å². The zero-order valence-electron chi connectivity index (χ0n) is 12.2. The molecule has 2 atom stereocenters. The molecule has 17 heavy (non-hydrogen) atoms. The summed E-state index contributed by atoms with van der Waals surface area (Å²) in [5.74, 6) is 0. The van der Waals surface area contributed by atoms with Gasteiger partial charge in [-0.2, -0.15) is 0 Å². The molecule has 0 amide bonds. The largest absolute Gasteiger partial charge is 0.313 e. The van der Waals surface area contributed by atoms with Gasteiger partial charge in [0, 0.05) is 31.7 Å². The Hall–Kier alpha value is -0.120. The molecule has 1 rings (SSSR count). The lowest BCUT2D eigenvalue weighted by molar-refractivity contribution is 0.155. The molecule has 3 nitrogen and oxygen atoms in total. The van der Waals surface area contributed by atoms with E-state index in [0.717, 1.165) is 12.6 Å². The summed E-state index contributed by atoms with van der Waals surface area (Å²) in [7, 11) is 2.25. The maximum Gasteiger partial charge on any atom is 0.0195 e. The number of rotatable bonds is 7. The van der Waals surface area contributed by atoms with Gasteiger partial charge in [0.1, 0.15) is 0 Å². The summed E-state index contributed by atoms with van der Waals surface area (Å²) in [4.78, 5) is 5.10. The lowest BCUT2D eigenvalue weighted by Crippen LogP contribution is -2.48. The minimum Gasteiger partial charge on any atom is -0.313 e. The Balaban J connectivity index is 2.22. The molecule has 102 valence electrons. The summed E-state index contributed by atoms with van der Waals surface area (Å²) in [6, 6.07) is 1.44. The normalized spacial score (nSPS) is 24.2. The van der Waals surface area contributed by atoms with Gasteiger partial charge in [0.05, 0.1) is 0 Å². The van der Waals surface area contributed by atoms with E-state index in [4.69, 9.17) is 0 Å². The predicted molar refractivity (Wildman–Crippen MR) is 75.5 cm³/mol. The third-order valence-corrected chi connectivity index (χ3v) is 4.11. The lowest BCUT2D eigenvalue weighted by Gasteiger charge is -2.35. The average molecular weight is 241 g/mol. The molecule has 0 saturated carbocycles. The Morgan fingerprint density at radius 1 is 1.41 bits per heavy atom. The van der Waals surface area contributed by atoms with Crippen LogP contribution in [0.2, 0.25) is 0 Å². The number of nitrogens with zero attached hydrogens (tertiary/aromatic N) is 2. The molecule has 0 radical (unpaired) electrons. The molecule has 0 bridgehead atoms. The molecule has 1 N–H and O–H groups in total. The molecule has 0 aromatic heterocycles. The Bertz CT molecular complexity index is 194. The quantitative estimate of drug-likeness (QED) is 0.733. The van der Waals surface area contributed by atoms with Crippen molar-refractivity contribution in [2.45, 2.75) is 52.1 Å². The monoisotopic (exact) mass is 241 g/mol. The smallest absolute Gasteiger partial charge is 0.0195 e. The third kappa shape index (κ3) is 5.36. The molecule has 1 fully saturated rings. The van der Waals surface area contributed by atoms with E-state index < -0.39 is 0 Å². The molecular formula is C14H31N3. The highest BCUT2D eigenvalue weighted by atomic mass is 15.2. The van der Waals surface area contributed by atoms with Crippen molar-refractivity contribution in [1.82, 2.24) is 15.1 Å².